The van der Waals surface area contributed by atoms with Crippen molar-refractivity contribution in [1.82, 2.24) is 0 Å². The Bertz CT molecular complexity index is 464. The van der Waals surface area contributed by atoms with Crippen LogP contribution in [0.1, 0.15) is 0 Å². The van der Waals surface area contributed by atoms with Crippen LogP contribution >= 0.6 is 102 Å². The van der Waals surface area contributed by atoms with E-state index in [0.717, 1.165) is 0 Å². The Labute approximate surface area is 160 Å². The summed E-state index contributed by atoms with van der Waals surface area (Å²) in [5.74, 6) is 0. The largest absolute Gasteiger partial charge is 0.0900 e. The van der Waals surface area contributed by atoms with Gasteiger partial charge in [0.1, 0.15) is 0 Å². The fraction of sp³-hybridized carbons (Fsp3) is 0. The Morgan fingerprint density at radius 1 is 0.529 bits per heavy atom. The standard InChI is InChI=1S/C12H6I4S/c13-7-1-8(14)4-11(3-7)17-12-5-9(15)2-10(16)6-12/h1-6H. The zero-order chi connectivity index (χ0) is 12.4. The zero-order valence-electron chi connectivity index (χ0n) is 8.38. The van der Waals surface area contributed by atoms with E-state index in [9.17, 15) is 0 Å². The van der Waals surface area contributed by atoms with Gasteiger partial charge in [0, 0.05) is 24.1 Å². The van der Waals surface area contributed by atoms with E-state index in [2.05, 4.69) is 127 Å². The maximum absolute atomic E-state index is 2.37. The van der Waals surface area contributed by atoms with Gasteiger partial charge in [-0.25, -0.2) is 0 Å². The third-order valence-electron chi connectivity index (χ3n) is 1.91. The molecule has 0 nitrogen and oxygen atoms in total. The van der Waals surface area contributed by atoms with Crippen molar-refractivity contribution in [3.05, 3.63) is 50.7 Å². The lowest BCUT2D eigenvalue weighted by molar-refractivity contribution is 1.35. The smallest absolute Gasteiger partial charge is 0.0152 e. The van der Waals surface area contributed by atoms with E-state index >= 15 is 0 Å². The van der Waals surface area contributed by atoms with Crippen LogP contribution in [0.4, 0.5) is 0 Å². The number of rotatable bonds is 2. The fourth-order valence-corrected chi connectivity index (χ4v) is 7.05. The summed E-state index contributed by atoms with van der Waals surface area (Å²) >= 11 is 11.3. The molecule has 2 aromatic rings. The maximum Gasteiger partial charge on any atom is 0.0152 e. The Morgan fingerprint density at radius 2 is 0.824 bits per heavy atom. The van der Waals surface area contributed by atoms with Gasteiger partial charge in [-0.2, -0.15) is 0 Å². The number of benzene rings is 2. The molecule has 0 unspecified atom stereocenters. The molecule has 0 aliphatic rings. The summed E-state index contributed by atoms with van der Waals surface area (Å²) < 4.78 is 5.16. The first kappa shape index (κ1) is 15.1. The Hall–Kier alpha value is 1.71. The lowest BCUT2D eigenvalue weighted by Gasteiger charge is -2.05. The van der Waals surface area contributed by atoms with E-state index in [1.807, 2.05) is 11.8 Å². The van der Waals surface area contributed by atoms with Gasteiger partial charge in [0.05, 0.1) is 0 Å². The van der Waals surface area contributed by atoms with E-state index in [4.69, 9.17) is 0 Å². The van der Waals surface area contributed by atoms with Crippen LogP contribution in [0, 0.1) is 14.3 Å². The summed E-state index contributed by atoms with van der Waals surface area (Å²) in [4.78, 5) is 2.61. The van der Waals surface area contributed by atoms with Gasteiger partial charge in [0.2, 0.25) is 0 Å². The molecule has 0 saturated heterocycles. The van der Waals surface area contributed by atoms with E-state index in [1.165, 1.54) is 24.1 Å². The van der Waals surface area contributed by atoms with Crippen LogP contribution in [0.3, 0.4) is 0 Å². The zero-order valence-corrected chi connectivity index (χ0v) is 17.8. The average molecular weight is 690 g/mol. The first-order chi connectivity index (χ1) is 8.02. The first-order valence-electron chi connectivity index (χ1n) is 4.63. The van der Waals surface area contributed by atoms with Crippen molar-refractivity contribution in [3.63, 3.8) is 0 Å². The molecule has 0 N–H and O–H groups in total. The van der Waals surface area contributed by atoms with Crippen LogP contribution in [-0.2, 0) is 0 Å². The quantitative estimate of drug-likeness (QED) is 0.336. The van der Waals surface area contributed by atoms with Crippen molar-refractivity contribution in [2.75, 3.05) is 0 Å². The Kier molecular flexibility index (Phi) is 6.16. The number of halogens is 4. The molecule has 0 amide bonds. The molecule has 0 saturated carbocycles. The summed E-state index contributed by atoms with van der Waals surface area (Å²) in [6.07, 6.45) is 0. The third-order valence-corrected chi connectivity index (χ3v) is 5.34. The summed E-state index contributed by atoms with van der Waals surface area (Å²) in [7, 11) is 0. The van der Waals surface area contributed by atoms with Gasteiger partial charge in [-0.15, -0.1) is 0 Å². The number of hydrogen-bond donors (Lipinski definition) is 0. The highest BCUT2D eigenvalue weighted by atomic mass is 127. The highest BCUT2D eigenvalue weighted by molar-refractivity contribution is 14.1. The Balaban J connectivity index is 2.31. The van der Waals surface area contributed by atoms with E-state index in [1.54, 1.807) is 0 Å². The topological polar surface area (TPSA) is 0 Å². The monoisotopic (exact) mass is 690 g/mol. The van der Waals surface area contributed by atoms with Gasteiger partial charge in [-0.3, -0.25) is 0 Å². The Morgan fingerprint density at radius 3 is 1.12 bits per heavy atom. The van der Waals surface area contributed by atoms with Gasteiger partial charge in [0.25, 0.3) is 0 Å². The molecule has 0 spiro atoms. The predicted octanol–water partition coefficient (Wildman–Crippen LogP) is 6.26. The minimum absolute atomic E-state index is 1.29. The predicted molar refractivity (Wildman–Crippen MR) is 108 cm³/mol. The van der Waals surface area contributed by atoms with Gasteiger partial charge in [-0.1, -0.05) is 11.8 Å². The molecule has 0 aliphatic heterocycles. The lowest BCUT2D eigenvalue weighted by atomic mass is 10.4. The molecule has 5 heteroatoms. The van der Waals surface area contributed by atoms with Crippen molar-refractivity contribution in [2.45, 2.75) is 9.79 Å². The van der Waals surface area contributed by atoms with Gasteiger partial charge < -0.3 is 0 Å². The molecular weight excluding hydrogens is 684 g/mol. The van der Waals surface area contributed by atoms with Gasteiger partial charge >= 0.3 is 0 Å². The minimum atomic E-state index is 1.29. The van der Waals surface area contributed by atoms with E-state index in [-0.39, 0.29) is 0 Å². The summed E-state index contributed by atoms with van der Waals surface area (Å²) in [5, 5.41) is 0. The molecule has 0 aliphatic carbocycles. The molecule has 88 valence electrons. The molecule has 0 fully saturated rings. The molecule has 0 aromatic heterocycles. The minimum Gasteiger partial charge on any atom is -0.0900 e. The maximum atomic E-state index is 2.37. The molecule has 2 rings (SSSR count). The van der Waals surface area contributed by atoms with Crippen molar-refractivity contribution in [3.8, 4) is 0 Å². The molecule has 17 heavy (non-hydrogen) atoms. The van der Waals surface area contributed by atoms with Crippen LogP contribution in [0.5, 0.6) is 0 Å². The van der Waals surface area contributed by atoms with E-state index in [0.29, 0.717) is 0 Å². The van der Waals surface area contributed by atoms with Crippen molar-refractivity contribution in [1.29, 1.82) is 0 Å². The highest BCUT2D eigenvalue weighted by Gasteiger charge is 2.02. The normalized spacial score (nSPS) is 10.6. The van der Waals surface area contributed by atoms with Crippen LogP contribution in [-0.4, -0.2) is 0 Å². The lowest BCUT2D eigenvalue weighted by Crippen LogP contribution is -1.82. The van der Waals surface area contributed by atoms with E-state index < -0.39 is 0 Å². The number of hydrogen-bond acceptors (Lipinski definition) is 1. The molecule has 0 bridgehead atoms. The highest BCUT2D eigenvalue weighted by Crippen LogP contribution is 2.32. The second-order valence-corrected chi connectivity index (χ2v) is 9.44. The molecule has 0 radical (unpaired) electrons. The van der Waals surface area contributed by atoms with Crippen molar-refractivity contribution >= 4 is 102 Å². The molecular formula is C12H6I4S. The second kappa shape index (κ2) is 6.93. The second-order valence-electron chi connectivity index (χ2n) is 3.31. The molecule has 2 aromatic carbocycles. The fourth-order valence-electron chi connectivity index (χ4n) is 1.31. The van der Waals surface area contributed by atoms with Gasteiger partial charge in [0.15, 0.2) is 0 Å². The SMILES string of the molecule is Ic1cc(I)cc(Sc2cc(I)cc(I)c2)c1. The van der Waals surface area contributed by atoms with Crippen molar-refractivity contribution < 1.29 is 0 Å². The molecule has 0 heterocycles. The van der Waals surface area contributed by atoms with Gasteiger partial charge in [-0.05, 0) is 127 Å². The van der Waals surface area contributed by atoms with Crippen LogP contribution < -0.4 is 0 Å². The van der Waals surface area contributed by atoms with Crippen LogP contribution in [0.15, 0.2) is 46.2 Å². The third kappa shape index (κ3) is 4.95. The van der Waals surface area contributed by atoms with Crippen molar-refractivity contribution in [2.24, 2.45) is 0 Å². The summed E-state index contributed by atoms with van der Waals surface area (Å²) in [6.45, 7) is 0. The first-order valence-corrected chi connectivity index (χ1v) is 9.76. The van der Waals surface area contributed by atoms with Crippen LogP contribution in [0.25, 0.3) is 0 Å². The average Bonchev–Trinajstić information content (AvgIpc) is 2.13. The van der Waals surface area contributed by atoms with Crippen LogP contribution in [0.2, 0.25) is 0 Å². The summed E-state index contributed by atoms with van der Waals surface area (Å²) in [5.41, 5.74) is 0. The molecule has 0 atom stereocenters. The summed E-state index contributed by atoms with van der Waals surface area (Å²) in [6, 6.07) is 13.3.